The number of benzene rings is 2. The van der Waals surface area contributed by atoms with E-state index in [0.29, 0.717) is 28.4 Å². The minimum absolute atomic E-state index is 0.0477. The van der Waals surface area contributed by atoms with Crippen molar-refractivity contribution in [1.29, 1.82) is 0 Å². The SMILES string of the molecule is COc1cccc2c1C(=O)c1c(ccc3c1OCO3)C2=O. The van der Waals surface area contributed by atoms with Gasteiger partial charge in [-0.3, -0.25) is 9.59 Å². The smallest absolute Gasteiger partial charge is 0.231 e. The molecule has 0 N–H and O–H groups in total. The van der Waals surface area contributed by atoms with Gasteiger partial charge < -0.3 is 14.2 Å². The highest BCUT2D eigenvalue weighted by Gasteiger charge is 2.37. The highest BCUT2D eigenvalue weighted by molar-refractivity contribution is 6.30. The molecule has 2 aromatic rings. The van der Waals surface area contributed by atoms with Crippen molar-refractivity contribution in [2.24, 2.45) is 0 Å². The standard InChI is InChI=1S/C16H10O5/c1-19-10-4-2-3-8-12(10)15(18)13-9(14(8)17)5-6-11-16(13)21-7-20-11/h2-6H,7H2,1H3. The molecule has 0 aromatic heterocycles. The predicted octanol–water partition coefficient (Wildman–Crippen LogP) is 2.20. The summed E-state index contributed by atoms with van der Waals surface area (Å²) in [6, 6.07) is 8.24. The molecule has 0 fully saturated rings. The van der Waals surface area contributed by atoms with Crippen molar-refractivity contribution < 1.29 is 23.8 Å². The Morgan fingerprint density at radius 2 is 1.76 bits per heavy atom. The number of rotatable bonds is 1. The van der Waals surface area contributed by atoms with Gasteiger partial charge in [-0.25, -0.2) is 0 Å². The number of ketones is 2. The predicted molar refractivity (Wildman–Crippen MR) is 72.4 cm³/mol. The first-order chi connectivity index (χ1) is 10.2. The Labute approximate surface area is 120 Å². The Bertz CT molecular complexity index is 807. The van der Waals surface area contributed by atoms with Crippen LogP contribution >= 0.6 is 0 Å². The van der Waals surface area contributed by atoms with Crippen LogP contribution in [-0.2, 0) is 0 Å². The van der Waals surface area contributed by atoms with E-state index in [1.807, 2.05) is 0 Å². The van der Waals surface area contributed by atoms with Crippen molar-refractivity contribution in [3.8, 4) is 17.2 Å². The maximum atomic E-state index is 12.8. The van der Waals surface area contributed by atoms with Gasteiger partial charge in [-0.05, 0) is 18.2 Å². The Morgan fingerprint density at radius 1 is 0.952 bits per heavy atom. The van der Waals surface area contributed by atoms with Gasteiger partial charge in [0.25, 0.3) is 0 Å². The zero-order valence-corrected chi connectivity index (χ0v) is 11.1. The van der Waals surface area contributed by atoms with Crippen LogP contribution in [0.1, 0.15) is 31.8 Å². The monoisotopic (exact) mass is 282 g/mol. The Balaban J connectivity index is 2.04. The summed E-state index contributed by atoms with van der Waals surface area (Å²) in [6.45, 7) is 0.0477. The number of carbonyl (C=O) groups excluding carboxylic acids is 2. The molecule has 4 rings (SSSR count). The van der Waals surface area contributed by atoms with E-state index >= 15 is 0 Å². The topological polar surface area (TPSA) is 61.8 Å². The van der Waals surface area contributed by atoms with E-state index in [1.165, 1.54) is 7.11 Å². The molecular formula is C16H10O5. The number of ether oxygens (including phenoxy) is 3. The second-order valence-electron chi connectivity index (χ2n) is 4.76. The fourth-order valence-electron chi connectivity index (χ4n) is 2.78. The summed E-state index contributed by atoms with van der Waals surface area (Å²) in [4.78, 5) is 25.4. The molecule has 1 heterocycles. The molecule has 0 amide bonds. The van der Waals surface area contributed by atoms with Crippen LogP contribution in [0.3, 0.4) is 0 Å². The summed E-state index contributed by atoms with van der Waals surface area (Å²) in [5, 5.41) is 0. The zero-order valence-electron chi connectivity index (χ0n) is 11.1. The summed E-state index contributed by atoms with van der Waals surface area (Å²) >= 11 is 0. The zero-order chi connectivity index (χ0) is 14.6. The van der Waals surface area contributed by atoms with Crippen LogP contribution in [0.2, 0.25) is 0 Å². The summed E-state index contributed by atoms with van der Waals surface area (Å²) in [5.74, 6) is 0.708. The van der Waals surface area contributed by atoms with Crippen LogP contribution in [0.15, 0.2) is 30.3 Å². The number of fused-ring (bicyclic) bond motifs is 4. The second-order valence-corrected chi connectivity index (χ2v) is 4.76. The molecular weight excluding hydrogens is 272 g/mol. The molecule has 2 aromatic carbocycles. The maximum absolute atomic E-state index is 12.8. The molecule has 0 saturated carbocycles. The number of hydrogen-bond donors (Lipinski definition) is 0. The minimum Gasteiger partial charge on any atom is -0.496 e. The Morgan fingerprint density at radius 3 is 2.57 bits per heavy atom. The molecule has 2 aliphatic rings. The average Bonchev–Trinajstić information content (AvgIpc) is 2.99. The molecule has 0 bridgehead atoms. The van der Waals surface area contributed by atoms with Gasteiger partial charge in [-0.1, -0.05) is 12.1 Å². The Kier molecular flexibility index (Phi) is 2.33. The minimum atomic E-state index is -0.278. The van der Waals surface area contributed by atoms with Crippen LogP contribution in [0, 0.1) is 0 Å². The largest absolute Gasteiger partial charge is 0.496 e. The first-order valence-corrected chi connectivity index (χ1v) is 6.41. The van der Waals surface area contributed by atoms with Crippen LogP contribution < -0.4 is 14.2 Å². The van der Waals surface area contributed by atoms with Crippen LogP contribution in [0.4, 0.5) is 0 Å². The van der Waals surface area contributed by atoms with Crippen molar-refractivity contribution in [3.05, 3.63) is 52.6 Å². The van der Waals surface area contributed by atoms with Crippen LogP contribution in [-0.4, -0.2) is 25.5 Å². The van der Waals surface area contributed by atoms with Gasteiger partial charge in [0.2, 0.25) is 12.6 Å². The van der Waals surface area contributed by atoms with Crippen molar-refractivity contribution in [1.82, 2.24) is 0 Å². The molecule has 0 spiro atoms. The summed E-state index contributed by atoms with van der Waals surface area (Å²) in [6.07, 6.45) is 0. The van der Waals surface area contributed by atoms with E-state index in [-0.39, 0.29) is 29.5 Å². The highest BCUT2D eigenvalue weighted by Crippen LogP contribution is 2.43. The third-order valence-corrected chi connectivity index (χ3v) is 3.73. The van der Waals surface area contributed by atoms with Gasteiger partial charge in [0.05, 0.1) is 18.2 Å². The molecule has 0 radical (unpaired) electrons. The normalized spacial score (nSPS) is 14.7. The summed E-state index contributed by atoms with van der Waals surface area (Å²) in [5.41, 5.74) is 1.23. The van der Waals surface area contributed by atoms with E-state index in [2.05, 4.69) is 0 Å². The first-order valence-electron chi connectivity index (χ1n) is 6.41. The van der Waals surface area contributed by atoms with Gasteiger partial charge >= 0.3 is 0 Å². The Hall–Kier alpha value is -2.82. The maximum Gasteiger partial charge on any atom is 0.231 e. The fourth-order valence-corrected chi connectivity index (χ4v) is 2.78. The van der Waals surface area contributed by atoms with E-state index < -0.39 is 0 Å². The van der Waals surface area contributed by atoms with E-state index in [1.54, 1.807) is 30.3 Å². The lowest BCUT2D eigenvalue weighted by molar-refractivity contribution is 0.0972. The molecule has 0 atom stereocenters. The van der Waals surface area contributed by atoms with Gasteiger partial charge in [0.1, 0.15) is 5.75 Å². The van der Waals surface area contributed by atoms with E-state index in [0.717, 1.165) is 0 Å². The van der Waals surface area contributed by atoms with Gasteiger partial charge in [-0.2, -0.15) is 0 Å². The molecule has 0 saturated heterocycles. The molecule has 0 unspecified atom stereocenters. The van der Waals surface area contributed by atoms with Crippen LogP contribution in [0.25, 0.3) is 0 Å². The molecule has 5 heteroatoms. The molecule has 1 aliphatic heterocycles. The van der Waals surface area contributed by atoms with E-state index in [9.17, 15) is 9.59 Å². The molecule has 104 valence electrons. The molecule has 1 aliphatic carbocycles. The third-order valence-electron chi connectivity index (χ3n) is 3.73. The fraction of sp³-hybridized carbons (Fsp3) is 0.125. The van der Waals surface area contributed by atoms with Crippen molar-refractivity contribution in [2.45, 2.75) is 0 Å². The van der Waals surface area contributed by atoms with Crippen molar-refractivity contribution in [2.75, 3.05) is 13.9 Å². The van der Waals surface area contributed by atoms with Gasteiger partial charge in [-0.15, -0.1) is 0 Å². The van der Waals surface area contributed by atoms with E-state index in [4.69, 9.17) is 14.2 Å². The third kappa shape index (κ3) is 1.45. The number of hydrogen-bond acceptors (Lipinski definition) is 5. The summed E-state index contributed by atoms with van der Waals surface area (Å²) < 4.78 is 15.9. The van der Waals surface area contributed by atoms with Crippen molar-refractivity contribution >= 4 is 11.6 Å². The second kappa shape index (κ2) is 4.09. The lowest BCUT2D eigenvalue weighted by Gasteiger charge is -2.20. The lowest BCUT2D eigenvalue weighted by Crippen LogP contribution is -2.22. The van der Waals surface area contributed by atoms with Gasteiger partial charge in [0, 0.05) is 11.1 Å². The van der Waals surface area contributed by atoms with Crippen molar-refractivity contribution in [3.63, 3.8) is 0 Å². The quantitative estimate of drug-likeness (QED) is 0.684. The molecule has 21 heavy (non-hydrogen) atoms. The number of carbonyl (C=O) groups is 2. The summed E-state index contributed by atoms with van der Waals surface area (Å²) in [7, 11) is 1.47. The lowest BCUT2D eigenvalue weighted by atomic mass is 9.83. The highest BCUT2D eigenvalue weighted by atomic mass is 16.7. The molecule has 5 nitrogen and oxygen atoms in total. The van der Waals surface area contributed by atoms with Crippen LogP contribution in [0.5, 0.6) is 17.2 Å². The van der Waals surface area contributed by atoms with Gasteiger partial charge in [0.15, 0.2) is 17.3 Å². The average molecular weight is 282 g/mol. The first kappa shape index (κ1) is 12.0. The number of methoxy groups -OCH3 is 1.